The first kappa shape index (κ1) is 19.7. The largest absolute Gasteiger partial charge is 0.352 e. The maximum Gasteiger partial charge on any atom is 0.315 e. The first-order valence-corrected chi connectivity index (χ1v) is 9.09. The van der Waals surface area contributed by atoms with Gasteiger partial charge in [0.1, 0.15) is 0 Å². The Kier molecular flexibility index (Phi) is 7.85. The molecular weight excluding hydrogens is 336 g/mol. The number of hydrogen-bond donors (Lipinski definition) is 3. The van der Waals surface area contributed by atoms with Crippen molar-refractivity contribution < 1.29 is 14.5 Å². The molecule has 2 rings (SSSR count). The number of carbonyl (C=O) groups excluding carboxylic acids is 2. The number of nitrogens with zero attached hydrogens (tertiary/aromatic N) is 1. The summed E-state index contributed by atoms with van der Waals surface area (Å²) in [7, 11) is 0. The van der Waals surface area contributed by atoms with Crippen molar-refractivity contribution in [1.29, 1.82) is 0 Å². The maximum absolute atomic E-state index is 11.8. The zero-order chi connectivity index (χ0) is 18.8. The molecule has 0 aliphatic heterocycles. The highest BCUT2D eigenvalue weighted by atomic mass is 16.6. The van der Waals surface area contributed by atoms with Crippen LogP contribution in [0.15, 0.2) is 24.3 Å². The fraction of sp³-hybridized carbons (Fsp3) is 0.556. The number of urea groups is 1. The van der Waals surface area contributed by atoms with Gasteiger partial charge in [-0.15, -0.1) is 0 Å². The molecule has 3 N–H and O–H groups in total. The van der Waals surface area contributed by atoms with Gasteiger partial charge in [0.05, 0.1) is 4.92 Å². The van der Waals surface area contributed by atoms with Crippen LogP contribution in [0.3, 0.4) is 0 Å². The third-order valence-corrected chi connectivity index (χ3v) is 4.47. The van der Waals surface area contributed by atoms with Crippen molar-refractivity contribution in [2.45, 2.75) is 57.5 Å². The zero-order valence-electron chi connectivity index (χ0n) is 14.8. The van der Waals surface area contributed by atoms with E-state index in [0.29, 0.717) is 18.5 Å². The van der Waals surface area contributed by atoms with Crippen LogP contribution in [0.1, 0.15) is 50.5 Å². The minimum Gasteiger partial charge on any atom is -0.352 e. The van der Waals surface area contributed by atoms with Gasteiger partial charge in [0, 0.05) is 37.2 Å². The van der Waals surface area contributed by atoms with Gasteiger partial charge >= 0.3 is 6.03 Å². The van der Waals surface area contributed by atoms with Gasteiger partial charge in [-0.05, 0) is 19.3 Å². The summed E-state index contributed by atoms with van der Waals surface area (Å²) in [5, 5.41) is 19.3. The molecule has 0 aromatic heterocycles. The van der Waals surface area contributed by atoms with Gasteiger partial charge in [-0.2, -0.15) is 0 Å². The fourth-order valence-corrected chi connectivity index (χ4v) is 3.05. The number of hydrogen-bond acceptors (Lipinski definition) is 4. The van der Waals surface area contributed by atoms with Crippen LogP contribution < -0.4 is 16.0 Å². The van der Waals surface area contributed by atoms with Crippen molar-refractivity contribution in [3.05, 3.63) is 39.9 Å². The third kappa shape index (κ3) is 6.70. The van der Waals surface area contributed by atoms with E-state index < -0.39 is 4.92 Å². The second-order valence-electron chi connectivity index (χ2n) is 6.50. The lowest BCUT2D eigenvalue weighted by Crippen LogP contribution is -2.43. The van der Waals surface area contributed by atoms with Gasteiger partial charge in [0.25, 0.3) is 5.69 Å². The first-order valence-electron chi connectivity index (χ1n) is 9.09. The number of nitrogens with one attached hydrogen (secondary N) is 3. The van der Waals surface area contributed by atoms with Crippen LogP contribution >= 0.6 is 0 Å². The highest BCUT2D eigenvalue weighted by Gasteiger charge is 2.15. The predicted molar refractivity (Wildman–Crippen MR) is 97.6 cm³/mol. The van der Waals surface area contributed by atoms with E-state index in [0.717, 1.165) is 25.7 Å². The van der Waals surface area contributed by atoms with Crippen LogP contribution in [0.25, 0.3) is 0 Å². The van der Waals surface area contributed by atoms with E-state index in [1.54, 1.807) is 18.2 Å². The molecule has 0 unspecified atom stereocenters. The molecule has 0 atom stereocenters. The molecule has 26 heavy (non-hydrogen) atoms. The Bertz CT molecular complexity index is 629. The summed E-state index contributed by atoms with van der Waals surface area (Å²) >= 11 is 0. The van der Waals surface area contributed by atoms with E-state index >= 15 is 0 Å². The van der Waals surface area contributed by atoms with Crippen LogP contribution in [0.4, 0.5) is 10.5 Å². The molecule has 8 nitrogen and oxygen atoms in total. The van der Waals surface area contributed by atoms with E-state index in [2.05, 4.69) is 16.0 Å². The average Bonchev–Trinajstić information content (AvgIpc) is 2.64. The van der Waals surface area contributed by atoms with Gasteiger partial charge < -0.3 is 16.0 Å². The molecule has 1 fully saturated rings. The lowest BCUT2D eigenvalue weighted by atomic mass is 9.96. The van der Waals surface area contributed by atoms with Crippen molar-refractivity contribution in [2.75, 3.05) is 6.54 Å². The molecule has 0 saturated heterocycles. The molecule has 1 aliphatic carbocycles. The van der Waals surface area contributed by atoms with E-state index in [4.69, 9.17) is 0 Å². The third-order valence-electron chi connectivity index (χ3n) is 4.47. The molecule has 3 amide bonds. The number of rotatable bonds is 8. The van der Waals surface area contributed by atoms with Crippen molar-refractivity contribution in [2.24, 2.45) is 0 Å². The normalized spacial score (nSPS) is 14.5. The lowest BCUT2D eigenvalue weighted by Gasteiger charge is -2.22. The summed E-state index contributed by atoms with van der Waals surface area (Å²) in [5.74, 6) is -0.197. The molecule has 1 aromatic carbocycles. The Morgan fingerprint density at radius 2 is 1.85 bits per heavy atom. The monoisotopic (exact) mass is 362 g/mol. The molecular formula is C18H26N4O4. The molecule has 0 spiro atoms. The molecule has 0 heterocycles. The number of nitro groups is 1. The van der Waals surface area contributed by atoms with Gasteiger partial charge in [0.15, 0.2) is 0 Å². The average molecular weight is 362 g/mol. The summed E-state index contributed by atoms with van der Waals surface area (Å²) in [4.78, 5) is 34.1. The molecule has 1 saturated carbocycles. The van der Waals surface area contributed by atoms with E-state index in [9.17, 15) is 19.7 Å². The van der Waals surface area contributed by atoms with Gasteiger partial charge in [0.2, 0.25) is 5.91 Å². The van der Waals surface area contributed by atoms with Crippen LogP contribution in [0, 0.1) is 10.1 Å². The second kappa shape index (κ2) is 10.4. The highest BCUT2D eigenvalue weighted by molar-refractivity contribution is 5.76. The second-order valence-corrected chi connectivity index (χ2v) is 6.50. The molecule has 0 bridgehead atoms. The Hall–Kier alpha value is -2.64. The Morgan fingerprint density at radius 1 is 1.12 bits per heavy atom. The Balaban J connectivity index is 1.60. The summed E-state index contributed by atoms with van der Waals surface area (Å²) in [6, 6.07) is 6.40. The van der Waals surface area contributed by atoms with Crippen LogP contribution in [-0.4, -0.2) is 29.4 Å². The smallest absolute Gasteiger partial charge is 0.315 e. The van der Waals surface area contributed by atoms with Gasteiger partial charge in [-0.3, -0.25) is 14.9 Å². The van der Waals surface area contributed by atoms with Crippen molar-refractivity contribution in [3.63, 3.8) is 0 Å². The van der Waals surface area contributed by atoms with E-state index in [1.165, 1.54) is 12.5 Å². The van der Waals surface area contributed by atoms with Crippen LogP contribution in [-0.2, 0) is 11.3 Å². The number of carbonyl (C=O) groups is 2. The number of benzene rings is 1. The SMILES string of the molecule is O=C(CCCNC(=O)NC1CCCCC1)NCc1ccccc1[N+](=O)[O-]. The van der Waals surface area contributed by atoms with Crippen molar-refractivity contribution >= 4 is 17.6 Å². The molecule has 0 radical (unpaired) electrons. The summed E-state index contributed by atoms with van der Waals surface area (Å²) in [6.45, 7) is 0.531. The Labute approximate surface area is 152 Å². The molecule has 1 aliphatic rings. The zero-order valence-corrected chi connectivity index (χ0v) is 14.8. The number of amides is 3. The summed E-state index contributed by atoms with van der Waals surface area (Å²) in [6.07, 6.45) is 6.38. The lowest BCUT2D eigenvalue weighted by molar-refractivity contribution is -0.385. The fourth-order valence-electron chi connectivity index (χ4n) is 3.05. The van der Waals surface area contributed by atoms with Crippen LogP contribution in [0.5, 0.6) is 0 Å². The van der Waals surface area contributed by atoms with E-state index in [-0.39, 0.29) is 36.6 Å². The summed E-state index contributed by atoms with van der Waals surface area (Å²) < 4.78 is 0. The van der Waals surface area contributed by atoms with E-state index in [1.807, 2.05) is 0 Å². The van der Waals surface area contributed by atoms with Crippen molar-refractivity contribution in [3.8, 4) is 0 Å². The number of nitro benzene ring substituents is 1. The standard InChI is InChI=1S/C18H26N4O4/c23-17(20-13-14-7-4-5-10-16(14)22(25)26)11-6-12-19-18(24)21-15-8-2-1-3-9-15/h4-5,7,10,15H,1-3,6,8-9,11-13H2,(H,20,23)(H2,19,21,24). The van der Waals surface area contributed by atoms with Crippen LogP contribution in [0.2, 0.25) is 0 Å². The number of para-hydroxylation sites is 1. The van der Waals surface area contributed by atoms with Gasteiger partial charge in [-0.1, -0.05) is 37.5 Å². The quantitative estimate of drug-likeness (QED) is 0.375. The maximum atomic E-state index is 11.8. The predicted octanol–water partition coefficient (Wildman–Crippen LogP) is 2.62. The Morgan fingerprint density at radius 3 is 2.58 bits per heavy atom. The molecule has 1 aromatic rings. The minimum atomic E-state index is -0.462. The molecule has 142 valence electrons. The molecule has 8 heteroatoms. The topological polar surface area (TPSA) is 113 Å². The highest BCUT2D eigenvalue weighted by Crippen LogP contribution is 2.17. The van der Waals surface area contributed by atoms with Crippen molar-refractivity contribution in [1.82, 2.24) is 16.0 Å². The summed E-state index contributed by atoms with van der Waals surface area (Å²) in [5.41, 5.74) is 0.463. The first-order chi connectivity index (χ1) is 12.6. The minimum absolute atomic E-state index is 0.00569. The van der Waals surface area contributed by atoms with Gasteiger partial charge in [-0.25, -0.2) is 4.79 Å².